The standard InChI is InChI=1S/C12H12N2O2S/c15-11(13-8-1-2-8)7-14-5-3-10-9(12(14)16)4-6-17-10/h3-6,8H,1-2,7H2,(H,13,15). The number of rotatable bonds is 3. The van der Waals surface area contributed by atoms with E-state index in [0.717, 1.165) is 17.5 Å². The van der Waals surface area contributed by atoms with Crippen LogP contribution in [0.15, 0.2) is 28.5 Å². The van der Waals surface area contributed by atoms with Gasteiger partial charge in [-0.2, -0.15) is 0 Å². The zero-order valence-corrected chi connectivity index (χ0v) is 10.00. The number of hydrogen-bond donors (Lipinski definition) is 1. The lowest BCUT2D eigenvalue weighted by molar-refractivity contribution is -0.121. The molecule has 1 fully saturated rings. The van der Waals surface area contributed by atoms with Crippen LogP contribution >= 0.6 is 11.3 Å². The minimum atomic E-state index is -0.0882. The molecule has 1 N–H and O–H groups in total. The number of hydrogen-bond acceptors (Lipinski definition) is 3. The van der Waals surface area contributed by atoms with Gasteiger partial charge in [0.2, 0.25) is 5.91 Å². The van der Waals surface area contributed by atoms with Crippen molar-refractivity contribution in [3.8, 4) is 0 Å². The molecule has 0 bridgehead atoms. The molecule has 0 unspecified atom stereocenters. The second kappa shape index (κ2) is 4.00. The molecule has 0 radical (unpaired) electrons. The summed E-state index contributed by atoms with van der Waals surface area (Å²) in [7, 11) is 0. The smallest absolute Gasteiger partial charge is 0.259 e. The number of pyridine rings is 1. The highest BCUT2D eigenvalue weighted by Gasteiger charge is 2.23. The second-order valence-electron chi connectivity index (χ2n) is 4.29. The van der Waals surface area contributed by atoms with Gasteiger partial charge in [-0.25, -0.2) is 0 Å². The van der Waals surface area contributed by atoms with Gasteiger partial charge in [-0.1, -0.05) is 0 Å². The molecule has 1 amide bonds. The summed E-state index contributed by atoms with van der Waals surface area (Å²) in [6.45, 7) is 0.112. The summed E-state index contributed by atoms with van der Waals surface area (Å²) in [6, 6.07) is 4.02. The number of carbonyl (C=O) groups excluding carboxylic acids is 1. The summed E-state index contributed by atoms with van der Waals surface area (Å²) in [5.74, 6) is -0.0795. The zero-order valence-electron chi connectivity index (χ0n) is 9.18. The molecule has 2 aromatic heterocycles. The van der Waals surface area contributed by atoms with Crippen molar-refractivity contribution >= 4 is 27.3 Å². The van der Waals surface area contributed by atoms with Gasteiger partial charge < -0.3 is 9.88 Å². The van der Waals surface area contributed by atoms with Crippen molar-refractivity contribution in [2.75, 3.05) is 0 Å². The Balaban J connectivity index is 1.86. The van der Waals surface area contributed by atoms with Crippen LogP contribution in [0.1, 0.15) is 12.8 Å². The van der Waals surface area contributed by atoms with Crippen LogP contribution in [0.25, 0.3) is 10.1 Å². The lowest BCUT2D eigenvalue weighted by Crippen LogP contribution is -2.33. The van der Waals surface area contributed by atoms with E-state index in [-0.39, 0.29) is 18.0 Å². The number of aromatic nitrogens is 1. The minimum Gasteiger partial charge on any atom is -0.352 e. The fraction of sp³-hybridized carbons (Fsp3) is 0.333. The summed E-state index contributed by atoms with van der Waals surface area (Å²) in [6.07, 6.45) is 3.81. The summed E-state index contributed by atoms with van der Waals surface area (Å²) in [4.78, 5) is 23.6. The molecule has 5 heteroatoms. The molecule has 1 aliphatic carbocycles. The van der Waals surface area contributed by atoms with Crippen molar-refractivity contribution in [3.05, 3.63) is 34.1 Å². The van der Waals surface area contributed by atoms with Crippen LogP contribution in [0.4, 0.5) is 0 Å². The first-order valence-electron chi connectivity index (χ1n) is 5.60. The van der Waals surface area contributed by atoms with Crippen molar-refractivity contribution in [2.45, 2.75) is 25.4 Å². The molecule has 3 rings (SSSR count). The van der Waals surface area contributed by atoms with Crippen LogP contribution in [0.3, 0.4) is 0 Å². The Labute approximate surface area is 102 Å². The van der Waals surface area contributed by atoms with Gasteiger partial charge in [0, 0.05) is 16.9 Å². The summed E-state index contributed by atoms with van der Waals surface area (Å²) in [5.41, 5.74) is -0.0882. The maximum atomic E-state index is 12.0. The summed E-state index contributed by atoms with van der Waals surface area (Å²) < 4.78 is 2.43. The zero-order chi connectivity index (χ0) is 11.8. The molecule has 0 atom stereocenters. The minimum absolute atomic E-state index is 0.0795. The highest BCUT2D eigenvalue weighted by molar-refractivity contribution is 7.17. The number of carbonyl (C=O) groups is 1. The Kier molecular flexibility index (Phi) is 2.48. The topological polar surface area (TPSA) is 51.1 Å². The monoisotopic (exact) mass is 248 g/mol. The molecule has 2 aromatic rings. The van der Waals surface area contributed by atoms with Gasteiger partial charge >= 0.3 is 0 Å². The van der Waals surface area contributed by atoms with E-state index in [9.17, 15) is 9.59 Å². The van der Waals surface area contributed by atoms with Crippen molar-refractivity contribution in [2.24, 2.45) is 0 Å². The molecule has 0 aliphatic heterocycles. The van der Waals surface area contributed by atoms with E-state index in [1.165, 1.54) is 15.9 Å². The van der Waals surface area contributed by atoms with E-state index < -0.39 is 0 Å². The lowest BCUT2D eigenvalue weighted by atomic mass is 10.3. The van der Waals surface area contributed by atoms with Gasteiger partial charge in [0.15, 0.2) is 0 Å². The molecule has 0 aromatic carbocycles. The van der Waals surface area contributed by atoms with Gasteiger partial charge in [-0.15, -0.1) is 11.3 Å². The fourth-order valence-corrected chi connectivity index (χ4v) is 2.56. The largest absolute Gasteiger partial charge is 0.352 e. The van der Waals surface area contributed by atoms with E-state index >= 15 is 0 Å². The first-order valence-corrected chi connectivity index (χ1v) is 6.48. The Hall–Kier alpha value is -1.62. The Morgan fingerprint density at radius 2 is 2.29 bits per heavy atom. The van der Waals surface area contributed by atoms with Crippen LogP contribution in [-0.2, 0) is 11.3 Å². The van der Waals surface area contributed by atoms with Crippen LogP contribution in [0, 0.1) is 0 Å². The van der Waals surface area contributed by atoms with E-state index in [2.05, 4.69) is 5.32 Å². The third-order valence-corrected chi connectivity index (χ3v) is 3.73. The van der Waals surface area contributed by atoms with E-state index in [4.69, 9.17) is 0 Å². The maximum Gasteiger partial charge on any atom is 0.259 e. The van der Waals surface area contributed by atoms with Gasteiger partial charge in [0.25, 0.3) is 5.56 Å². The average Bonchev–Trinajstić information content (AvgIpc) is 2.97. The van der Waals surface area contributed by atoms with Crippen molar-refractivity contribution in [1.29, 1.82) is 0 Å². The Bertz CT molecular complexity index is 625. The quantitative estimate of drug-likeness (QED) is 0.891. The summed E-state index contributed by atoms with van der Waals surface area (Å²) >= 11 is 1.54. The Morgan fingerprint density at radius 3 is 3.06 bits per heavy atom. The van der Waals surface area contributed by atoms with Gasteiger partial charge in [0.05, 0.1) is 5.39 Å². The Morgan fingerprint density at radius 1 is 1.47 bits per heavy atom. The lowest BCUT2D eigenvalue weighted by Gasteiger charge is -2.06. The third-order valence-electron chi connectivity index (χ3n) is 2.85. The normalized spacial score (nSPS) is 15.1. The molecule has 4 nitrogen and oxygen atoms in total. The van der Waals surface area contributed by atoms with Gasteiger partial charge in [-0.05, 0) is 30.4 Å². The number of thiophene rings is 1. The molecule has 17 heavy (non-hydrogen) atoms. The van der Waals surface area contributed by atoms with Crippen molar-refractivity contribution in [1.82, 2.24) is 9.88 Å². The average molecular weight is 248 g/mol. The van der Waals surface area contributed by atoms with Crippen LogP contribution < -0.4 is 10.9 Å². The number of fused-ring (bicyclic) bond motifs is 1. The molecular weight excluding hydrogens is 236 g/mol. The van der Waals surface area contributed by atoms with E-state index in [1.54, 1.807) is 12.3 Å². The maximum absolute atomic E-state index is 12.0. The molecule has 0 spiro atoms. The number of nitrogens with zero attached hydrogens (tertiary/aromatic N) is 1. The van der Waals surface area contributed by atoms with E-state index in [1.807, 2.05) is 11.4 Å². The number of amides is 1. The molecule has 88 valence electrons. The van der Waals surface area contributed by atoms with Crippen LogP contribution in [-0.4, -0.2) is 16.5 Å². The first kappa shape index (κ1) is 10.5. The van der Waals surface area contributed by atoms with Gasteiger partial charge in [-0.3, -0.25) is 9.59 Å². The SMILES string of the molecule is O=C(Cn1ccc2sccc2c1=O)NC1CC1. The molecule has 1 aliphatic rings. The predicted octanol–water partition coefficient (Wildman–Crippen LogP) is 1.34. The van der Waals surface area contributed by atoms with Crippen molar-refractivity contribution in [3.63, 3.8) is 0 Å². The van der Waals surface area contributed by atoms with Gasteiger partial charge in [0.1, 0.15) is 6.54 Å². The predicted molar refractivity (Wildman–Crippen MR) is 67.2 cm³/mol. The molecule has 2 heterocycles. The molecule has 1 saturated carbocycles. The van der Waals surface area contributed by atoms with Crippen LogP contribution in [0.5, 0.6) is 0 Å². The highest BCUT2D eigenvalue weighted by Crippen LogP contribution is 2.18. The van der Waals surface area contributed by atoms with Crippen LogP contribution in [0.2, 0.25) is 0 Å². The highest BCUT2D eigenvalue weighted by atomic mass is 32.1. The number of nitrogens with one attached hydrogen (secondary N) is 1. The first-order chi connectivity index (χ1) is 8.24. The van der Waals surface area contributed by atoms with Crippen molar-refractivity contribution < 1.29 is 4.79 Å². The van der Waals surface area contributed by atoms with E-state index in [0.29, 0.717) is 11.4 Å². The third kappa shape index (κ3) is 2.10. The fourth-order valence-electron chi connectivity index (χ4n) is 1.79. The summed E-state index contributed by atoms with van der Waals surface area (Å²) in [5, 5.41) is 5.46. The second-order valence-corrected chi connectivity index (χ2v) is 5.24. The molecule has 0 saturated heterocycles. The molecular formula is C12H12N2O2S.